The van der Waals surface area contributed by atoms with E-state index in [4.69, 9.17) is 9.47 Å². The van der Waals surface area contributed by atoms with Crippen LogP contribution in [0, 0.1) is 0 Å². The maximum absolute atomic E-state index is 11.1. The van der Waals surface area contributed by atoms with Crippen LogP contribution in [0.25, 0.3) is 0 Å². The SMILES string of the molecule is O=C1COC[C@H]1OCc1ccccc1. The first-order chi connectivity index (χ1) is 6.86. The van der Waals surface area contributed by atoms with E-state index >= 15 is 0 Å². The van der Waals surface area contributed by atoms with Crippen LogP contribution in [0.4, 0.5) is 0 Å². The molecule has 0 N–H and O–H groups in total. The first-order valence-corrected chi connectivity index (χ1v) is 4.62. The highest BCUT2D eigenvalue weighted by Gasteiger charge is 2.25. The molecule has 1 aromatic carbocycles. The molecule has 1 saturated heterocycles. The average molecular weight is 192 g/mol. The predicted octanol–water partition coefficient (Wildman–Crippen LogP) is 1.17. The molecule has 2 rings (SSSR count). The number of benzene rings is 1. The smallest absolute Gasteiger partial charge is 0.189 e. The van der Waals surface area contributed by atoms with Crippen molar-refractivity contribution in [3.8, 4) is 0 Å². The van der Waals surface area contributed by atoms with E-state index in [0.717, 1.165) is 5.56 Å². The van der Waals surface area contributed by atoms with Crippen molar-refractivity contribution in [3.63, 3.8) is 0 Å². The quantitative estimate of drug-likeness (QED) is 0.721. The van der Waals surface area contributed by atoms with Crippen molar-refractivity contribution in [2.24, 2.45) is 0 Å². The van der Waals surface area contributed by atoms with Crippen LogP contribution >= 0.6 is 0 Å². The summed E-state index contributed by atoms with van der Waals surface area (Å²) in [6, 6.07) is 9.80. The number of ether oxygens (including phenoxy) is 2. The van der Waals surface area contributed by atoms with Gasteiger partial charge in [0, 0.05) is 0 Å². The Kier molecular flexibility index (Phi) is 2.91. The van der Waals surface area contributed by atoms with Crippen LogP contribution in [0.3, 0.4) is 0 Å². The zero-order chi connectivity index (χ0) is 9.80. The molecule has 0 aliphatic carbocycles. The number of carbonyl (C=O) groups excluding carboxylic acids is 1. The third-order valence-electron chi connectivity index (χ3n) is 2.17. The lowest BCUT2D eigenvalue weighted by Gasteiger charge is -2.08. The molecule has 1 aromatic rings. The van der Waals surface area contributed by atoms with Gasteiger partial charge in [0.05, 0.1) is 13.2 Å². The van der Waals surface area contributed by atoms with Crippen molar-refractivity contribution >= 4 is 5.78 Å². The van der Waals surface area contributed by atoms with E-state index in [-0.39, 0.29) is 18.5 Å². The Morgan fingerprint density at radius 3 is 2.79 bits per heavy atom. The minimum atomic E-state index is -0.366. The Bertz CT molecular complexity index is 308. The summed E-state index contributed by atoms with van der Waals surface area (Å²) in [5.74, 6) is 0.0425. The fourth-order valence-corrected chi connectivity index (χ4v) is 1.36. The van der Waals surface area contributed by atoms with E-state index in [2.05, 4.69) is 0 Å². The van der Waals surface area contributed by atoms with E-state index in [9.17, 15) is 4.79 Å². The van der Waals surface area contributed by atoms with Gasteiger partial charge in [0.15, 0.2) is 5.78 Å². The number of ketones is 1. The summed E-state index contributed by atoms with van der Waals surface area (Å²) in [6.45, 7) is 1.06. The average Bonchev–Trinajstić information content (AvgIpc) is 2.63. The number of rotatable bonds is 3. The van der Waals surface area contributed by atoms with Gasteiger partial charge in [-0.2, -0.15) is 0 Å². The summed E-state index contributed by atoms with van der Waals surface area (Å²) in [7, 11) is 0. The molecule has 14 heavy (non-hydrogen) atoms. The fraction of sp³-hybridized carbons (Fsp3) is 0.364. The van der Waals surface area contributed by atoms with Crippen LogP contribution in [0.15, 0.2) is 30.3 Å². The van der Waals surface area contributed by atoms with E-state index in [1.54, 1.807) is 0 Å². The molecule has 1 fully saturated rings. The Morgan fingerprint density at radius 1 is 1.36 bits per heavy atom. The second kappa shape index (κ2) is 4.35. The molecule has 0 bridgehead atoms. The number of carbonyl (C=O) groups is 1. The van der Waals surface area contributed by atoms with E-state index < -0.39 is 0 Å². The standard InChI is InChI=1S/C11H12O3/c12-10-7-13-8-11(10)14-6-9-4-2-1-3-5-9/h1-5,11H,6-8H2/t11-/m1/s1. The summed E-state index contributed by atoms with van der Waals surface area (Å²) in [5.41, 5.74) is 1.08. The Balaban J connectivity index is 1.85. The molecule has 3 nitrogen and oxygen atoms in total. The highest BCUT2D eigenvalue weighted by atomic mass is 16.6. The van der Waals surface area contributed by atoms with Gasteiger partial charge < -0.3 is 9.47 Å². The van der Waals surface area contributed by atoms with Gasteiger partial charge in [-0.3, -0.25) is 4.79 Å². The molecule has 0 radical (unpaired) electrons. The summed E-state index contributed by atoms with van der Waals surface area (Å²) in [6.07, 6.45) is -0.366. The van der Waals surface area contributed by atoms with Gasteiger partial charge in [0.1, 0.15) is 12.7 Å². The van der Waals surface area contributed by atoms with Gasteiger partial charge in [-0.25, -0.2) is 0 Å². The Morgan fingerprint density at radius 2 is 2.14 bits per heavy atom. The second-order valence-corrected chi connectivity index (χ2v) is 3.27. The highest BCUT2D eigenvalue weighted by Crippen LogP contribution is 2.08. The highest BCUT2D eigenvalue weighted by molar-refractivity contribution is 5.85. The van der Waals surface area contributed by atoms with Crippen molar-refractivity contribution in [2.75, 3.05) is 13.2 Å². The van der Waals surface area contributed by atoms with Crippen LogP contribution in [0.5, 0.6) is 0 Å². The van der Waals surface area contributed by atoms with E-state index in [1.807, 2.05) is 30.3 Å². The first-order valence-electron chi connectivity index (χ1n) is 4.62. The number of hydrogen-bond acceptors (Lipinski definition) is 3. The predicted molar refractivity (Wildman–Crippen MR) is 50.8 cm³/mol. The Hall–Kier alpha value is -1.19. The summed E-state index contributed by atoms with van der Waals surface area (Å²) in [4.78, 5) is 11.1. The van der Waals surface area contributed by atoms with Crippen LogP contribution in [0.1, 0.15) is 5.56 Å². The van der Waals surface area contributed by atoms with Gasteiger partial charge in [-0.15, -0.1) is 0 Å². The number of Topliss-reactive ketones (excluding diaryl/α,β-unsaturated/α-hetero) is 1. The fourth-order valence-electron chi connectivity index (χ4n) is 1.36. The van der Waals surface area contributed by atoms with Crippen molar-refractivity contribution in [2.45, 2.75) is 12.7 Å². The van der Waals surface area contributed by atoms with Gasteiger partial charge in [0.25, 0.3) is 0 Å². The maximum atomic E-state index is 11.1. The molecule has 0 saturated carbocycles. The van der Waals surface area contributed by atoms with Crippen LogP contribution in [0.2, 0.25) is 0 Å². The lowest BCUT2D eigenvalue weighted by molar-refractivity contribution is -0.126. The summed E-state index contributed by atoms with van der Waals surface area (Å²) < 4.78 is 10.4. The van der Waals surface area contributed by atoms with E-state index in [1.165, 1.54) is 0 Å². The molecule has 0 amide bonds. The maximum Gasteiger partial charge on any atom is 0.189 e. The molecule has 1 aliphatic rings. The minimum Gasteiger partial charge on any atom is -0.370 e. The van der Waals surface area contributed by atoms with Gasteiger partial charge in [-0.1, -0.05) is 30.3 Å². The molecule has 1 aliphatic heterocycles. The second-order valence-electron chi connectivity index (χ2n) is 3.27. The molecular weight excluding hydrogens is 180 g/mol. The molecule has 1 atom stereocenters. The largest absolute Gasteiger partial charge is 0.370 e. The molecule has 0 spiro atoms. The van der Waals surface area contributed by atoms with Gasteiger partial charge in [0.2, 0.25) is 0 Å². The molecular formula is C11H12O3. The van der Waals surface area contributed by atoms with Crippen molar-refractivity contribution < 1.29 is 14.3 Å². The molecule has 0 aromatic heterocycles. The zero-order valence-corrected chi connectivity index (χ0v) is 7.81. The lowest BCUT2D eigenvalue weighted by atomic mass is 10.2. The van der Waals surface area contributed by atoms with Crippen molar-refractivity contribution in [3.05, 3.63) is 35.9 Å². The third-order valence-corrected chi connectivity index (χ3v) is 2.17. The minimum absolute atomic E-state index is 0.0425. The monoisotopic (exact) mass is 192 g/mol. The zero-order valence-electron chi connectivity index (χ0n) is 7.81. The van der Waals surface area contributed by atoms with Crippen LogP contribution in [-0.4, -0.2) is 25.1 Å². The first kappa shape index (κ1) is 9.37. The summed E-state index contributed by atoms with van der Waals surface area (Å²) >= 11 is 0. The lowest BCUT2D eigenvalue weighted by Crippen LogP contribution is -2.21. The van der Waals surface area contributed by atoms with Gasteiger partial charge in [-0.05, 0) is 5.56 Å². The van der Waals surface area contributed by atoms with Crippen molar-refractivity contribution in [1.82, 2.24) is 0 Å². The van der Waals surface area contributed by atoms with Crippen LogP contribution in [-0.2, 0) is 20.9 Å². The number of hydrogen-bond donors (Lipinski definition) is 0. The van der Waals surface area contributed by atoms with Gasteiger partial charge >= 0.3 is 0 Å². The summed E-state index contributed by atoms with van der Waals surface area (Å²) in [5, 5.41) is 0. The molecule has 3 heteroatoms. The normalized spacial score (nSPS) is 21.4. The third kappa shape index (κ3) is 2.19. The van der Waals surface area contributed by atoms with Crippen LogP contribution < -0.4 is 0 Å². The van der Waals surface area contributed by atoms with E-state index in [0.29, 0.717) is 13.2 Å². The van der Waals surface area contributed by atoms with Crippen molar-refractivity contribution in [1.29, 1.82) is 0 Å². The molecule has 0 unspecified atom stereocenters. The molecule has 1 heterocycles. The topological polar surface area (TPSA) is 35.5 Å². The Labute approximate surface area is 82.6 Å². The molecule has 74 valence electrons.